The number of hydrogen-bond acceptors (Lipinski definition) is 3. The molecule has 2 rings (SSSR count). The van der Waals surface area contributed by atoms with E-state index < -0.39 is 0 Å². The van der Waals surface area contributed by atoms with E-state index in [1.807, 2.05) is 31.2 Å². The molecule has 1 aliphatic carbocycles. The molecule has 0 amide bonds. The second-order valence-corrected chi connectivity index (χ2v) is 5.76. The Morgan fingerprint density at radius 3 is 2.83 bits per heavy atom. The van der Waals surface area contributed by atoms with Crippen LogP contribution in [0.4, 0.5) is 5.69 Å². The van der Waals surface area contributed by atoms with Crippen LogP contribution in [-0.2, 0) is 9.53 Å². The topological polar surface area (TPSA) is 76.7 Å². The monoisotopic (exact) mass is 431 g/mol. The standard InChI is InChI=1S/C17H25N3O2.HI/c1-13-6-4-7-14(12-13)20-17(18)19-11-5-10-16(21)22-15-8-2-3-9-15;/h4,6-7,12,15H,2-3,5,8-11H2,1H3,(H3,18,19,20);1H. The minimum Gasteiger partial charge on any atom is -0.462 e. The van der Waals surface area contributed by atoms with Crippen molar-refractivity contribution in [3.63, 3.8) is 0 Å². The molecule has 23 heavy (non-hydrogen) atoms. The molecule has 0 bridgehead atoms. The van der Waals surface area contributed by atoms with Gasteiger partial charge in [0.05, 0.1) is 0 Å². The summed E-state index contributed by atoms with van der Waals surface area (Å²) in [6.45, 7) is 2.54. The van der Waals surface area contributed by atoms with Gasteiger partial charge in [0.15, 0.2) is 5.96 Å². The van der Waals surface area contributed by atoms with Crippen LogP contribution in [0.25, 0.3) is 0 Å². The minimum atomic E-state index is -0.118. The summed E-state index contributed by atoms with van der Waals surface area (Å²) in [7, 11) is 0. The van der Waals surface area contributed by atoms with E-state index in [1.54, 1.807) is 0 Å². The molecule has 0 aliphatic heterocycles. The average Bonchev–Trinajstić information content (AvgIpc) is 2.96. The van der Waals surface area contributed by atoms with Crippen molar-refractivity contribution in [3.05, 3.63) is 29.8 Å². The lowest BCUT2D eigenvalue weighted by molar-refractivity contribution is -0.148. The van der Waals surface area contributed by atoms with Gasteiger partial charge in [-0.1, -0.05) is 12.1 Å². The molecule has 1 aromatic carbocycles. The maximum Gasteiger partial charge on any atom is 0.306 e. The number of rotatable bonds is 6. The van der Waals surface area contributed by atoms with E-state index in [0.717, 1.165) is 24.1 Å². The van der Waals surface area contributed by atoms with Crippen LogP contribution in [0.15, 0.2) is 29.3 Å². The number of aryl methyl sites for hydroxylation is 1. The van der Waals surface area contributed by atoms with E-state index in [0.29, 0.717) is 25.3 Å². The van der Waals surface area contributed by atoms with Gasteiger partial charge in [0.25, 0.3) is 0 Å². The first-order valence-corrected chi connectivity index (χ1v) is 7.96. The molecule has 0 heterocycles. The van der Waals surface area contributed by atoms with Crippen LogP contribution in [0.2, 0.25) is 0 Å². The van der Waals surface area contributed by atoms with Gasteiger partial charge < -0.3 is 15.8 Å². The van der Waals surface area contributed by atoms with Crippen molar-refractivity contribution in [2.45, 2.75) is 51.6 Å². The van der Waals surface area contributed by atoms with Crippen molar-refractivity contribution in [2.24, 2.45) is 10.7 Å². The zero-order chi connectivity index (χ0) is 15.8. The van der Waals surface area contributed by atoms with E-state index >= 15 is 0 Å². The number of carbonyl (C=O) groups is 1. The Hall–Kier alpha value is -1.31. The summed E-state index contributed by atoms with van der Waals surface area (Å²) in [5, 5.41) is 3.04. The van der Waals surface area contributed by atoms with Crippen molar-refractivity contribution < 1.29 is 9.53 Å². The Labute approximate surface area is 155 Å². The highest BCUT2D eigenvalue weighted by molar-refractivity contribution is 14.0. The Kier molecular flexibility index (Phi) is 8.98. The van der Waals surface area contributed by atoms with Gasteiger partial charge in [0.1, 0.15) is 6.10 Å². The molecule has 6 heteroatoms. The molecule has 0 unspecified atom stereocenters. The summed E-state index contributed by atoms with van der Waals surface area (Å²) < 4.78 is 5.39. The van der Waals surface area contributed by atoms with Crippen LogP contribution in [0, 0.1) is 6.92 Å². The first kappa shape index (κ1) is 19.7. The lowest BCUT2D eigenvalue weighted by atomic mass is 10.2. The molecule has 0 atom stereocenters. The number of nitrogens with one attached hydrogen (secondary N) is 1. The van der Waals surface area contributed by atoms with E-state index in [4.69, 9.17) is 10.5 Å². The summed E-state index contributed by atoms with van der Waals surface area (Å²) >= 11 is 0. The lowest BCUT2D eigenvalue weighted by Crippen LogP contribution is -2.23. The summed E-state index contributed by atoms with van der Waals surface area (Å²) in [5.41, 5.74) is 7.91. The number of ether oxygens (including phenoxy) is 1. The third-order valence-electron chi connectivity index (χ3n) is 3.71. The fraction of sp³-hybridized carbons (Fsp3) is 0.529. The SMILES string of the molecule is Cc1cccc(NC(N)=NCCCC(=O)OC2CCCC2)c1.I. The van der Waals surface area contributed by atoms with Crippen LogP contribution in [0.5, 0.6) is 0 Å². The Balaban J connectivity index is 0.00000264. The van der Waals surface area contributed by atoms with Crippen LogP contribution < -0.4 is 11.1 Å². The highest BCUT2D eigenvalue weighted by atomic mass is 127. The number of aliphatic imine (C=N–C) groups is 1. The third-order valence-corrected chi connectivity index (χ3v) is 3.71. The number of hydrogen-bond donors (Lipinski definition) is 2. The zero-order valence-corrected chi connectivity index (χ0v) is 15.9. The number of benzene rings is 1. The van der Waals surface area contributed by atoms with Crippen LogP contribution in [0.1, 0.15) is 44.1 Å². The molecule has 5 nitrogen and oxygen atoms in total. The molecule has 3 N–H and O–H groups in total. The minimum absolute atomic E-state index is 0. The van der Waals surface area contributed by atoms with Gasteiger partial charge in [-0.3, -0.25) is 9.79 Å². The number of nitrogens with zero attached hydrogens (tertiary/aromatic N) is 1. The van der Waals surface area contributed by atoms with Crippen molar-refractivity contribution in [3.8, 4) is 0 Å². The Bertz CT molecular complexity index is 528. The smallest absolute Gasteiger partial charge is 0.306 e. The van der Waals surface area contributed by atoms with Crippen molar-refractivity contribution in [2.75, 3.05) is 11.9 Å². The van der Waals surface area contributed by atoms with E-state index in [1.165, 1.54) is 12.8 Å². The predicted molar refractivity (Wildman–Crippen MR) is 104 cm³/mol. The van der Waals surface area contributed by atoms with Gasteiger partial charge in [-0.25, -0.2) is 0 Å². The maximum absolute atomic E-state index is 11.7. The average molecular weight is 431 g/mol. The second kappa shape index (κ2) is 10.5. The molecule has 1 fully saturated rings. The van der Waals surface area contributed by atoms with Gasteiger partial charge in [-0.05, 0) is 56.7 Å². The summed E-state index contributed by atoms with van der Waals surface area (Å²) in [6.07, 6.45) is 5.56. The molecule has 1 aliphatic rings. The predicted octanol–water partition coefficient (Wildman–Crippen LogP) is 3.61. The summed E-state index contributed by atoms with van der Waals surface area (Å²) in [4.78, 5) is 15.9. The fourth-order valence-corrected chi connectivity index (χ4v) is 2.58. The van der Waals surface area contributed by atoms with E-state index in [-0.39, 0.29) is 36.0 Å². The van der Waals surface area contributed by atoms with Gasteiger partial charge in [0, 0.05) is 18.7 Å². The third kappa shape index (κ3) is 7.67. The normalized spacial score (nSPS) is 15.1. The summed E-state index contributed by atoms with van der Waals surface area (Å²) in [5.74, 6) is 0.252. The molecule has 1 aromatic rings. The van der Waals surface area contributed by atoms with Crippen LogP contribution in [0.3, 0.4) is 0 Å². The van der Waals surface area contributed by atoms with E-state index in [2.05, 4.69) is 10.3 Å². The van der Waals surface area contributed by atoms with Crippen LogP contribution >= 0.6 is 24.0 Å². The van der Waals surface area contributed by atoms with Gasteiger partial charge in [-0.2, -0.15) is 0 Å². The number of esters is 1. The number of halogens is 1. The second-order valence-electron chi connectivity index (χ2n) is 5.76. The van der Waals surface area contributed by atoms with Crippen molar-refractivity contribution >= 4 is 41.6 Å². The van der Waals surface area contributed by atoms with E-state index in [9.17, 15) is 4.79 Å². The largest absolute Gasteiger partial charge is 0.462 e. The highest BCUT2D eigenvalue weighted by Crippen LogP contribution is 2.21. The Morgan fingerprint density at radius 2 is 2.13 bits per heavy atom. The molecular weight excluding hydrogens is 405 g/mol. The zero-order valence-electron chi connectivity index (χ0n) is 13.6. The number of guanidine groups is 1. The highest BCUT2D eigenvalue weighted by Gasteiger charge is 2.18. The first-order valence-electron chi connectivity index (χ1n) is 7.96. The molecule has 1 saturated carbocycles. The Morgan fingerprint density at radius 1 is 1.39 bits per heavy atom. The molecule has 0 aromatic heterocycles. The van der Waals surface area contributed by atoms with Crippen molar-refractivity contribution in [1.29, 1.82) is 0 Å². The van der Waals surface area contributed by atoms with Crippen molar-refractivity contribution in [1.82, 2.24) is 0 Å². The number of carbonyl (C=O) groups excluding carboxylic acids is 1. The van der Waals surface area contributed by atoms with Gasteiger partial charge >= 0.3 is 5.97 Å². The molecule has 0 spiro atoms. The van der Waals surface area contributed by atoms with Gasteiger partial charge in [-0.15, -0.1) is 24.0 Å². The molecule has 128 valence electrons. The van der Waals surface area contributed by atoms with Gasteiger partial charge in [0.2, 0.25) is 0 Å². The quantitative estimate of drug-likeness (QED) is 0.237. The summed E-state index contributed by atoms with van der Waals surface area (Å²) in [6, 6.07) is 7.92. The number of anilines is 1. The van der Waals surface area contributed by atoms with Crippen LogP contribution in [-0.4, -0.2) is 24.6 Å². The number of nitrogens with two attached hydrogens (primary N) is 1. The first-order chi connectivity index (χ1) is 10.6. The maximum atomic E-state index is 11.7. The fourth-order valence-electron chi connectivity index (χ4n) is 2.58. The molecule has 0 saturated heterocycles. The lowest BCUT2D eigenvalue weighted by Gasteiger charge is -2.10. The molecular formula is C17H26IN3O2. The molecule has 0 radical (unpaired) electrons.